The molecular weight excluding hydrogens is 276 g/mol. The summed E-state index contributed by atoms with van der Waals surface area (Å²) in [5.74, 6) is -0.101. The van der Waals surface area contributed by atoms with Gasteiger partial charge in [0.25, 0.3) is 5.91 Å². The number of aliphatic hydroxyl groups excluding tert-OH is 1. The number of hydrogen-bond acceptors (Lipinski definition) is 5. The Bertz CT molecular complexity index is 602. The summed E-state index contributed by atoms with van der Waals surface area (Å²) in [6.45, 7) is 0.725. The second kappa shape index (κ2) is 5.03. The monoisotopic (exact) mass is 292 g/mol. The smallest absolute Gasteiger partial charge is 0.273 e. The molecule has 106 valence electrons. The first-order valence-corrected chi connectivity index (χ1v) is 7.36. The van der Waals surface area contributed by atoms with Gasteiger partial charge in [-0.3, -0.25) is 4.79 Å². The number of carbonyl (C=O) groups is 1. The Kier molecular flexibility index (Phi) is 3.35. The highest BCUT2D eigenvalue weighted by atomic mass is 32.1. The first-order chi connectivity index (χ1) is 9.63. The number of hydrogen-bond donors (Lipinski definition) is 1. The average molecular weight is 292 g/mol. The van der Waals surface area contributed by atoms with Crippen LogP contribution in [0.5, 0.6) is 0 Å². The highest BCUT2D eigenvalue weighted by molar-refractivity contribution is 7.13. The maximum absolute atomic E-state index is 12.3. The van der Waals surface area contributed by atoms with E-state index >= 15 is 0 Å². The lowest BCUT2D eigenvalue weighted by atomic mass is 10.1. The van der Waals surface area contributed by atoms with E-state index in [2.05, 4.69) is 4.98 Å². The van der Waals surface area contributed by atoms with Crippen molar-refractivity contribution in [3.8, 4) is 10.6 Å². The van der Waals surface area contributed by atoms with Gasteiger partial charge in [0.05, 0.1) is 12.9 Å². The van der Waals surface area contributed by atoms with Gasteiger partial charge in [-0.15, -0.1) is 11.3 Å². The molecule has 2 aromatic rings. The van der Waals surface area contributed by atoms with Gasteiger partial charge in [0, 0.05) is 30.0 Å². The molecule has 1 saturated carbocycles. The molecule has 20 heavy (non-hydrogen) atoms. The third-order valence-corrected chi connectivity index (χ3v) is 4.59. The number of carbonyl (C=O) groups excluding carboxylic acids is 1. The Hall–Kier alpha value is -1.66. The maximum Gasteiger partial charge on any atom is 0.273 e. The van der Waals surface area contributed by atoms with Crippen LogP contribution in [0.15, 0.2) is 28.4 Å². The van der Waals surface area contributed by atoms with Crippen LogP contribution >= 0.6 is 11.3 Å². The highest BCUT2D eigenvalue weighted by Crippen LogP contribution is 2.45. The molecule has 0 aromatic carbocycles. The van der Waals surface area contributed by atoms with Gasteiger partial charge in [0.15, 0.2) is 0 Å². The molecule has 0 unspecified atom stereocenters. The molecule has 1 aliphatic carbocycles. The molecule has 0 aliphatic heterocycles. The third kappa shape index (κ3) is 2.48. The van der Waals surface area contributed by atoms with Crippen LogP contribution in [-0.2, 0) is 0 Å². The minimum Gasteiger partial charge on any atom is -0.472 e. The fraction of sp³-hybridized carbons (Fsp3) is 0.429. The SMILES string of the molecule is CN(CC1(CO)CC1)C(=O)c1csc(-c2ccoc2)n1. The van der Waals surface area contributed by atoms with Crippen molar-refractivity contribution in [1.29, 1.82) is 0 Å². The lowest BCUT2D eigenvalue weighted by molar-refractivity contribution is 0.0728. The van der Waals surface area contributed by atoms with Crippen LogP contribution in [0.2, 0.25) is 0 Å². The first kappa shape index (κ1) is 13.3. The van der Waals surface area contributed by atoms with E-state index in [0.29, 0.717) is 12.2 Å². The number of furan rings is 1. The number of aromatic nitrogens is 1. The Morgan fingerprint density at radius 1 is 1.60 bits per heavy atom. The van der Waals surface area contributed by atoms with Crippen LogP contribution in [0, 0.1) is 5.41 Å². The molecule has 0 atom stereocenters. The minimum absolute atomic E-state index is 0.0756. The van der Waals surface area contributed by atoms with Crippen LogP contribution in [0.25, 0.3) is 10.6 Å². The molecule has 2 aromatic heterocycles. The zero-order valence-electron chi connectivity index (χ0n) is 11.2. The van der Waals surface area contributed by atoms with Gasteiger partial charge in [-0.05, 0) is 18.9 Å². The van der Waals surface area contributed by atoms with Crippen molar-refractivity contribution in [1.82, 2.24) is 9.88 Å². The number of aliphatic hydroxyl groups is 1. The molecule has 0 bridgehead atoms. The summed E-state index contributed by atoms with van der Waals surface area (Å²) in [5.41, 5.74) is 1.25. The summed E-state index contributed by atoms with van der Waals surface area (Å²) in [4.78, 5) is 18.3. The Balaban J connectivity index is 1.71. The van der Waals surface area contributed by atoms with Crippen molar-refractivity contribution in [3.05, 3.63) is 29.7 Å². The lowest BCUT2D eigenvalue weighted by Crippen LogP contribution is -2.34. The van der Waals surface area contributed by atoms with Crippen molar-refractivity contribution in [2.24, 2.45) is 5.41 Å². The van der Waals surface area contributed by atoms with Crippen molar-refractivity contribution in [2.75, 3.05) is 20.2 Å². The third-order valence-electron chi connectivity index (χ3n) is 3.70. The molecule has 1 fully saturated rings. The van der Waals surface area contributed by atoms with Gasteiger partial charge in [0.2, 0.25) is 0 Å². The predicted molar refractivity (Wildman–Crippen MR) is 75.5 cm³/mol. The number of thiazole rings is 1. The summed E-state index contributed by atoms with van der Waals surface area (Å²) in [7, 11) is 1.76. The summed E-state index contributed by atoms with van der Waals surface area (Å²) in [6.07, 6.45) is 5.17. The summed E-state index contributed by atoms with van der Waals surface area (Å²) in [5, 5.41) is 11.9. The normalized spacial score (nSPS) is 16.1. The number of nitrogens with zero attached hydrogens (tertiary/aromatic N) is 2. The standard InChI is InChI=1S/C14H16N2O3S/c1-16(8-14(9-17)3-4-14)13(18)11-7-20-12(15-11)10-2-5-19-6-10/h2,5-7,17H,3-4,8-9H2,1H3. The molecule has 0 spiro atoms. The Morgan fingerprint density at radius 3 is 3.00 bits per heavy atom. The van der Waals surface area contributed by atoms with E-state index in [1.807, 2.05) is 6.07 Å². The molecule has 1 amide bonds. The highest BCUT2D eigenvalue weighted by Gasteiger charge is 2.43. The molecule has 1 aliphatic rings. The van der Waals surface area contributed by atoms with Gasteiger partial charge >= 0.3 is 0 Å². The number of amides is 1. The Morgan fingerprint density at radius 2 is 2.40 bits per heavy atom. The fourth-order valence-corrected chi connectivity index (χ4v) is 2.98. The average Bonchev–Trinajstić information content (AvgIpc) is 2.89. The van der Waals surface area contributed by atoms with Crippen LogP contribution in [-0.4, -0.2) is 41.1 Å². The van der Waals surface area contributed by atoms with Crippen molar-refractivity contribution < 1.29 is 14.3 Å². The molecular formula is C14H16N2O3S. The second-order valence-corrected chi connectivity index (χ2v) is 6.23. The van der Waals surface area contributed by atoms with Crippen LogP contribution in [0.4, 0.5) is 0 Å². The predicted octanol–water partition coefficient (Wildman–Crippen LogP) is 2.25. The summed E-state index contributed by atoms with van der Waals surface area (Å²) < 4.78 is 5.02. The van der Waals surface area contributed by atoms with E-state index in [9.17, 15) is 9.90 Å². The van der Waals surface area contributed by atoms with Crippen LogP contribution in [0.3, 0.4) is 0 Å². The Labute approximate surface area is 120 Å². The molecule has 0 radical (unpaired) electrons. The largest absolute Gasteiger partial charge is 0.472 e. The first-order valence-electron chi connectivity index (χ1n) is 6.48. The van der Waals surface area contributed by atoms with E-state index in [1.54, 1.807) is 29.9 Å². The molecule has 2 heterocycles. The molecule has 1 N–H and O–H groups in total. The quantitative estimate of drug-likeness (QED) is 0.918. The van der Waals surface area contributed by atoms with E-state index in [0.717, 1.165) is 23.4 Å². The van der Waals surface area contributed by atoms with E-state index in [4.69, 9.17) is 4.42 Å². The lowest BCUT2D eigenvalue weighted by Gasteiger charge is -2.21. The van der Waals surface area contributed by atoms with E-state index in [-0.39, 0.29) is 17.9 Å². The molecule has 3 rings (SSSR count). The van der Waals surface area contributed by atoms with Crippen LogP contribution in [0.1, 0.15) is 23.3 Å². The van der Waals surface area contributed by atoms with Gasteiger partial charge in [-0.25, -0.2) is 4.98 Å². The molecule has 6 heteroatoms. The van der Waals surface area contributed by atoms with Crippen molar-refractivity contribution >= 4 is 17.2 Å². The van der Waals surface area contributed by atoms with E-state index in [1.165, 1.54) is 11.3 Å². The van der Waals surface area contributed by atoms with Crippen molar-refractivity contribution in [2.45, 2.75) is 12.8 Å². The zero-order chi connectivity index (χ0) is 14.2. The fourth-order valence-electron chi connectivity index (χ4n) is 2.20. The number of rotatable bonds is 5. The topological polar surface area (TPSA) is 66.6 Å². The van der Waals surface area contributed by atoms with Gasteiger partial charge in [0.1, 0.15) is 17.0 Å². The second-order valence-electron chi connectivity index (χ2n) is 5.37. The summed E-state index contributed by atoms with van der Waals surface area (Å²) in [6, 6.07) is 1.82. The molecule has 5 nitrogen and oxygen atoms in total. The maximum atomic E-state index is 12.3. The zero-order valence-corrected chi connectivity index (χ0v) is 12.0. The van der Waals surface area contributed by atoms with Gasteiger partial charge < -0.3 is 14.4 Å². The van der Waals surface area contributed by atoms with E-state index < -0.39 is 0 Å². The van der Waals surface area contributed by atoms with Gasteiger partial charge in [-0.1, -0.05) is 0 Å². The van der Waals surface area contributed by atoms with Crippen LogP contribution < -0.4 is 0 Å². The minimum atomic E-state index is -0.101. The van der Waals surface area contributed by atoms with Crippen molar-refractivity contribution in [3.63, 3.8) is 0 Å². The van der Waals surface area contributed by atoms with Gasteiger partial charge in [-0.2, -0.15) is 0 Å². The summed E-state index contributed by atoms with van der Waals surface area (Å²) >= 11 is 1.42. The molecule has 0 saturated heterocycles.